The molecule has 0 N–H and O–H groups in total. The molecule has 0 fully saturated rings. The number of hydrogen-bond donors (Lipinski definition) is 0. The van der Waals surface area contributed by atoms with E-state index in [2.05, 4.69) is 30.7 Å². The van der Waals surface area contributed by atoms with E-state index in [1.165, 1.54) is 25.0 Å². The largest absolute Gasteiger partial charge is 0.300 e. The molecule has 21 heavy (non-hydrogen) atoms. The minimum absolute atomic E-state index is 0.0175. The topological polar surface area (TPSA) is 33.2 Å². The van der Waals surface area contributed by atoms with Crippen LogP contribution in [0.15, 0.2) is 18.3 Å². The van der Waals surface area contributed by atoms with Crippen molar-refractivity contribution in [2.45, 2.75) is 53.0 Å². The first-order valence-electron chi connectivity index (χ1n) is 7.85. The summed E-state index contributed by atoms with van der Waals surface area (Å²) in [5.41, 5.74) is 0.348. The van der Waals surface area contributed by atoms with Gasteiger partial charge in [0.2, 0.25) is 0 Å². The molecular weight excluding hydrogens is 267 g/mol. The number of aromatic nitrogens is 1. The Bertz CT molecular complexity index is 431. The van der Waals surface area contributed by atoms with Gasteiger partial charge in [0, 0.05) is 18.5 Å². The fourth-order valence-corrected chi connectivity index (χ4v) is 2.33. The number of rotatable bonds is 9. The Kier molecular flexibility index (Phi) is 7.51. The first-order chi connectivity index (χ1) is 9.95. The molecule has 1 unspecified atom stereocenters. The van der Waals surface area contributed by atoms with Crippen LogP contribution >= 0.6 is 0 Å². The summed E-state index contributed by atoms with van der Waals surface area (Å²) >= 11 is 0. The quantitative estimate of drug-likeness (QED) is 0.511. The van der Waals surface area contributed by atoms with Gasteiger partial charge in [0.25, 0.3) is 0 Å². The summed E-state index contributed by atoms with van der Waals surface area (Å²) in [6.07, 6.45) is 4.66. The maximum Gasteiger partial charge on any atom is 0.185 e. The number of carbonyl (C=O) groups is 1. The minimum atomic E-state index is -0.414. The average molecular weight is 294 g/mol. The number of hydrogen-bond acceptors (Lipinski definition) is 3. The third kappa shape index (κ3) is 5.92. The van der Waals surface area contributed by atoms with Crippen LogP contribution < -0.4 is 0 Å². The molecule has 0 saturated heterocycles. The minimum Gasteiger partial charge on any atom is -0.300 e. The number of nitrogens with zero attached hydrogens (tertiary/aromatic N) is 2. The maximum atomic E-state index is 12.9. The van der Waals surface area contributed by atoms with Gasteiger partial charge in [-0.1, -0.05) is 26.7 Å². The van der Waals surface area contributed by atoms with Crippen molar-refractivity contribution >= 4 is 5.78 Å². The van der Waals surface area contributed by atoms with Gasteiger partial charge < -0.3 is 4.90 Å². The van der Waals surface area contributed by atoms with Gasteiger partial charge in [-0.25, -0.2) is 4.39 Å². The van der Waals surface area contributed by atoms with Crippen LogP contribution in [-0.4, -0.2) is 34.8 Å². The molecule has 0 spiro atoms. The average Bonchev–Trinajstić information content (AvgIpc) is 2.46. The summed E-state index contributed by atoms with van der Waals surface area (Å²) < 4.78 is 12.9. The van der Waals surface area contributed by atoms with Crippen molar-refractivity contribution in [2.75, 3.05) is 13.1 Å². The van der Waals surface area contributed by atoms with E-state index in [1.807, 2.05) is 6.92 Å². The highest BCUT2D eigenvalue weighted by molar-refractivity contribution is 5.95. The van der Waals surface area contributed by atoms with Crippen molar-refractivity contribution in [1.82, 2.24) is 9.88 Å². The normalized spacial score (nSPS) is 12.9. The molecule has 1 aromatic rings. The molecule has 0 aliphatic carbocycles. The van der Waals surface area contributed by atoms with Gasteiger partial charge in [0.05, 0.1) is 6.20 Å². The summed E-state index contributed by atoms with van der Waals surface area (Å²) in [7, 11) is 0. The molecule has 0 amide bonds. The van der Waals surface area contributed by atoms with Gasteiger partial charge in [0.15, 0.2) is 5.78 Å². The fourth-order valence-electron chi connectivity index (χ4n) is 2.33. The summed E-state index contributed by atoms with van der Waals surface area (Å²) in [6, 6.07) is 3.16. The van der Waals surface area contributed by atoms with Crippen LogP contribution in [0.25, 0.3) is 0 Å². The molecule has 0 aromatic carbocycles. The van der Waals surface area contributed by atoms with Crippen LogP contribution in [-0.2, 0) is 0 Å². The van der Waals surface area contributed by atoms with E-state index in [1.54, 1.807) is 0 Å². The van der Waals surface area contributed by atoms with Crippen LogP contribution in [0.4, 0.5) is 4.39 Å². The van der Waals surface area contributed by atoms with E-state index < -0.39 is 5.82 Å². The molecule has 1 atom stereocenters. The fraction of sp³-hybridized carbons (Fsp3) is 0.647. The van der Waals surface area contributed by atoms with Crippen LogP contribution in [0.1, 0.15) is 57.4 Å². The van der Waals surface area contributed by atoms with Crippen molar-refractivity contribution in [1.29, 1.82) is 0 Å². The highest BCUT2D eigenvalue weighted by Gasteiger charge is 2.21. The number of pyridine rings is 1. The standard InChI is InChI=1S/C17H27FN2O/c1-5-6-7-10-20(13(2)3)12-14(4)17(21)16-9-8-15(18)11-19-16/h8-9,11,13-14H,5-7,10,12H2,1-4H3. The van der Waals surface area contributed by atoms with Crippen molar-refractivity contribution in [3.05, 3.63) is 29.8 Å². The van der Waals surface area contributed by atoms with Crippen LogP contribution in [0.5, 0.6) is 0 Å². The second-order valence-electron chi connectivity index (χ2n) is 5.92. The third-order valence-corrected chi connectivity index (χ3v) is 3.71. The lowest BCUT2D eigenvalue weighted by Gasteiger charge is -2.28. The van der Waals surface area contributed by atoms with E-state index >= 15 is 0 Å². The van der Waals surface area contributed by atoms with Crippen LogP contribution in [0.3, 0.4) is 0 Å². The predicted molar refractivity (Wildman–Crippen MR) is 83.9 cm³/mol. The number of carbonyl (C=O) groups excluding carboxylic acids is 1. The molecule has 118 valence electrons. The molecule has 4 heteroatoms. The monoisotopic (exact) mass is 294 g/mol. The number of Topliss-reactive ketones (excluding diaryl/α,β-unsaturated/α-hetero) is 1. The van der Waals surface area contributed by atoms with Crippen molar-refractivity contribution < 1.29 is 9.18 Å². The Morgan fingerprint density at radius 2 is 2.00 bits per heavy atom. The highest BCUT2D eigenvalue weighted by Crippen LogP contribution is 2.12. The summed E-state index contributed by atoms with van der Waals surface area (Å²) in [5.74, 6) is -0.564. The molecule has 1 rings (SSSR count). The summed E-state index contributed by atoms with van der Waals surface area (Å²) in [4.78, 5) is 18.6. The molecule has 0 bridgehead atoms. The Balaban J connectivity index is 2.61. The predicted octanol–water partition coefficient (Wildman–Crippen LogP) is 3.94. The van der Waals surface area contributed by atoms with Crippen LogP contribution in [0, 0.1) is 11.7 Å². The lowest BCUT2D eigenvalue weighted by Crippen LogP contribution is -2.37. The smallest absolute Gasteiger partial charge is 0.185 e. The Labute approximate surface area is 127 Å². The van der Waals surface area contributed by atoms with E-state index in [0.29, 0.717) is 11.7 Å². The first kappa shape index (κ1) is 17.8. The molecule has 1 aromatic heterocycles. The van der Waals surface area contributed by atoms with E-state index in [0.717, 1.165) is 25.7 Å². The van der Waals surface area contributed by atoms with E-state index in [9.17, 15) is 9.18 Å². The second-order valence-corrected chi connectivity index (χ2v) is 5.92. The van der Waals surface area contributed by atoms with Gasteiger partial charge >= 0.3 is 0 Å². The van der Waals surface area contributed by atoms with Gasteiger partial charge in [0.1, 0.15) is 11.5 Å². The molecule has 1 heterocycles. The number of halogens is 1. The Morgan fingerprint density at radius 1 is 1.29 bits per heavy atom. The van der Waals surface area contributed by atoms with E-state index in [4.69, 9.17) is 0 Å². The van der Waals surface area contributed by atoms with Gasteiger partial charge in [-0.15, -0.1) is 0 Å². The zero-order valence-electron chi connectivity index (χ0n) is 13.6. The summed E-state index contributed by atoms with van der Waals surface area (Å²) in [5, 5.41) is 0. The van der Waals surface area contributed by atoms with Crippen molar-refractivity contribution in [3.63, 3.8) is 0 Å². The molecular formula is C17H27FN2O. The Hall–Kier alpha value is -1.29. The van der Waals surface area contributed by atoms with Gasteiger partial charge in [-0.05, 0) is 38.9 Å². The van der Waals surface area contributed by atoms with Gasteiger partial charge in [-0.3, -0.25) is 9.78 Å². The SMILES string of the molecule is CCCCCN(CC(C)C(=O)c1ccc(F)cn1)C(C)C. The second kappa shape index (κ2) is 8.88. The van der Waals surface area contributed by atoms with E-state index in [-0.39, 0.29) is 11.7 Å². The molecule has 0 saturated carbocycles. The molecule has 3 nitrogen and oxygen atoms in total. The lowest BCUT2D eigenvalue weighted by atomic mass is 10.0. The lowest BCUT2D eigenvalue weighted by molar-refractivity contribution is 0.0871. The number of unbranched alkanes of at least 4 members (excludes halogenated alkanes) is 2. The first-order valence-corrected chi connectivity index (χ1v) is 7.85. The molecule has 0 aliphatic heterocycles. The van der Waals surface area contributed by atoms with Crippen molar-refractivity contribution in [3.8, 4) is 0 Å². The summed E-state index contributed by atoms with van der Waals surface area (Å²) in [6.45, 7) is 10.1. The molecule has 0 aliphatic rings. The van der Waals surface area contributed by atoms with Crippen molar-refractivity contribution in [2.24, 2.45) is 5.92 Å². The zero-order valence-corrected chi connectivity index (χ0v) is 13.6. The third-order valence-electron chi connectivity index (χ3n) is 3.71. The number of ketones is 1. The molecule has 0 radical (unpaired) electrons. The zero-order chi connectivity index (χ0) is 15.8. The van der Waals surface area contributed by atoms with Crippen LogP contribution in [0.2, 0.25) is 0 Å². The van der Waals surface area contributed by atoms with Gasteiger partial charge in [-0.2, -0.15) is 0 Å². The Morgan fingerprint density at radius 3 is 2.52 bits per heavy atom. The maximum absolute atomic E-state index is 12.9. The highest BCUT2D eigenvalue weighted by atomic mass is 19.1.